The van der Waals surface area contributed by atoms with Crippen LogP contribution in [0.1, 0.15) is 80.1 Å². The van der Waals surface area contributed by atoms with Crippen LogP contribution in [0, 0.1) is 35.5 Å². The number of ether oxygens (including phenoxy) is 1. The first-order chi connectivity index (χ1) is 16.1. The van der Waals surface area contributed by atoms with Crippen molar-refractivity contribution in [3.63, 3.8) is 0 Å². The van der Waals surface area contributed by atoms with Crippen molar-refractivity contribution < 1.29 is 23.5 Å². The molecule has 1 heterocycles. The molecule has 6 nitrogen and oxygen atoms in total. The fourth-order valence-corrected chi connectivity index (χ4v) is 8.56. The summed E-state index contributed by atoms with van der Waals surface area (Å²) in [5.74, 6) is 2.84. The maximum absolute atomic E-state index is 14.5. The van der Waals surface area contributed by atoms with Gasteiger partial charge < -0.3 is 18.9 Å². The van der Waals surface area contributed by atoms with Gasteiger partial charge in [-0.25, -0.2) is 0 Å². The van der Waals surface area contributed by atoms with Crippen LogP contribution in [0.15, 0.2) is 0 Å². The lowest BCUT2D eigenvalue weighted by molar-refractivity contribution is -0.00900. The van der Waals surface area contributed by atoms with Gasteiger partial charge in [-0.3, -0.25) is 9.46 Å². The molecule has 0 radical (unpaired) electrons. The van der Waals surface area contributed by atoms with Crippen molar-refractivity contribution in [2.45, 2.75) is 98.4 Å². The monoisotopic (exact) mass is 501 g/mol. The van der Waals surface area contributed by atoms with Gasteiger partial charge in [-0.15, -0.1) is 0 Å². The highest BCUT2D eigenvalue weighted by Crippen LogP contribution is 2.56. The lowest BCUT2D eigenvalue weighted by atomic mass is 9.75. The number of nitrogens with zero attached hydrogens (tertiary/aromatic N) is 1. The van der Waals surface area contributed by atoms with Gasteiger partial charge in [-0.1, -0.05) is 54.4 Å². The second-order valence-corrected chi connectivity index (χ2v) is 14.3. The van der Waals surface area contributed by atoms with Crippen LogP contribution >= 0.6 is 7.60 Å². The van der Waals surface area contributed by atoms with Crippen molar-refractivity contribution in [2.75, 3.05) is 39.0 Å². The van der Waals surface area contributed by atoms with E-state index >= 15 is 0 Å². The highest BCUT2D eigenvalue weighted by atomic mass is 31.2. The number of aliphatic hydroxyl groups excluding tert-OH is 1. The van der Waals surface area contributed by atoms with E-state index in [1.807, 2.05) is 0 Å². The molecule has 34 heavy (non-hydrogen) atoms. The first kappa shape index (κ1) is 28.6. The molecule has 2 saturated carbocycles. The molecule has 0 aromatic rings. The highest BCUT2D eigenvalue weighted by Gasteiger charge is 2.43. The molecular weight excluding hydrogens is 449 g/mol. The van der Waals surface area contributed by atoms with Crippen LogP contribution in [0.3, 0.4) is 0 Å². The van der Waals surface area contributed by atoms with E-state index in [0.29, 0.717) is 55.3 Å². The fourth-order valence-electron chi connectivity index (χ4n) is 6.39. The zero-order valence-electron chi connectivity index (χ0n) is 22.7. The van der Waals surface area contributed by atoms with Crippen LogP contribution in [0.4, 0.5) is 0 Å². The molecule has 0 unspecified atom stereocenters. The summed E-state index contributed by atoms with van der Waals surface area (Å²) in [7, 11) is -3.50. The van der Waals surface area contributed by atoms with E-state index < -0.39 is 13.7 Å². The zero-order chi connectivity index (χ0) is 24.9. The third kappa shape index (κ3) is 8.28. The first-order valence-electron chi connectivity index (χ1n) is 14.0. The Labute approximate surface area is 209 Å². The lowest BCUT2D eigenvalue weighted by Crippen LogP contribution is -2.42. The smallest absolute Gasteiger partial charge is 0.333 e. The van der Waals surface area contributed by atoms with Crippen LogP contribution in [-0.2, 0) is 18.3 Å². The van der Waals surface area contributed by atoms with E-state index in [1.54, 1.807) is 0 Å². The van der Waals surface area contributed by atoms with Crippen molar-refractivity contribution in [2.24, 2.45) is 35.5 Å². The van der Waals surface area contributed by atoms with Crippen LogP contribution in [0.25, 0.3) is 0 Å². The summed E-state index contributed by atoms with van der Waals surface area (Å²) < 4.78 is 33.1. The zero-order valence-corrected chi connectivity index (χ0v) is 23.6. The SMILES string of the molecule is CC(C)[C@@H]1CC[C@@H](C)C[C@H]1OP(=O)(C[C@@H](O)CN1CCOCC1)O[C@@H]1C[C@H](C)CC[C@H]1C(C)C. The molecule has 7 atom stereocenters. The second-order valence-electron chi connectivity index (χ2n) is 12.3. The highest BCUT2D eigenvalue weighted by molar-refractivity contribution is 7.53. The molecule has 3 rings (SSSR count). The molecular formula is C27H52NO5P. The average Bonchev–Trinajstić information content (AvgIpc) is 2.73. The molecule has 1 aliphatic heterocycles. The number of hydrogen-bond donors (Lipinski definition) is 1. The predicted molar refractivity (Wildman–Crippen MR) is 138 cm³/mol. The fraction of sp³-hybridized carbons (Fsp3) is 1.00. The molecule has 2 aliphatic carbocycles. The third-order valence-electron chi connectivity index (χ3n) is 8.52. The Hall–Kier alpha value is 0.0300. The summed E-state index contributed by atoms with van der Waals surface area (Å²) in [6, 6.07) is 0. The standard InChI is InChI=1S/C27H52NO5P/c1-19(2)24-9-7-21(5)15-26(24)32-34(30,18-23(29)17-28-11-13-31-14-12-28)33-27-16-22(6)8-10-25(27)20(3)4/h19-27,29H,7-18H2,1-6H3/t21-,22-,23+,24+,25+,26-,27-/m1/s1. The second kappa shape index (κ2) is 13.0. The molecule has 1 N–H and O–H groups in total. The van der Waals surface area contributed by atoms with Gasteiger partial charge in [-0.05, 0) is 61.2 Å². The molecule has 3 aliphatic rings. The van der Waals surface area contributed by atoms with Gasteiger partial charge in [-0.2, -0.15) is 0 Å². The molecule has 0 bridgehead atoms. The number of aliphatic hydroxyl groups is 1. The average molecular weight is 502 g/mol. The minimum atomic E-state index is -3.50. The Balaban J connectivity index is 1.78. The number of hydrogen-bond acceptors (Lipinski definition) is 6. The van der Waals surface area contributed by atoms with Crippen molar-refractivity contribution in [3.05, 3.63) is 0 Å². The maximum Gasteiger partial charge on any atom is 0.333 e. The molecule has 7 heteroatoms. The van der Waals surface area contributed by atoms with E-state index in [9.17, 15) is 9.67 Å². The summed E-state index contributed by atoms with van der Waals surface area (Å²) in [4.78, 5) is 2.19. The van der Waals surface area contributed by atoms with Crippen LogP contribution < -0.4 is 0 Å². The van der Waals surface area contributed by atoms with Gasteiger partial charge in [0, 0.05) is 19.6 Å². The number of morpholine rings is 1. The molecule has 0 aromatic carbocycles. The Morgan fingerprint density at radius 3 is 1.79 bits per heavy atom. The Morgan fingerprint density at radius 2 is 1.35 bits per heavy atom. The Morgan fingerprint density at radius 1 is 0.882 bits per heavy atom. The molecule has 0 amide bonds. The van der Waals surface area contributed by atoms with Crippen molar-refractivity contribution in [3.8, 4) is 0 Å². The van der Waals surface area contributed by atoms with Crippen molar-refractivity contribution in [1.82, 2.24) is 4.90 Å². The van der Waals surface area contributed by atoms with E-state index in [1.165, 1.54) is 12.8 Å². The van der Waals surface area contributed by atoms with Gasteiger partial charge in [0.1, 0.15) is 0 Å². The number of rotatable bonds is 10. The predicted octanol–water partition coefficient (Wildman–Crippen LogP) is 5.83. The maximum atomic E-state index is 14.5. The summed E-state index contributed by atoms with van der Waals surface area (Å²) in [6.45, 7) is 17.0. The van der Waals surface area contributed by atoms with E-state index in [0.717, 1.165) is 38.8 Å². The third-order valence-corrected chi connectivity index (χ3v) is 10.6. The van der Waals surface area contributed by atoms with Gasteiger partial charge in [0.2, 0.25) is 0 Å². The Kier molecular flexibility index (Phi) is 10.9. The van der Waals surface area contributed by atoms with Gasteiger partial charge in [0.05, 0.1) is 37.7 Å². The first-order valence-corrected chi connectivity index (χ1v) is 15.7. The van der Waals surface area contributed by atoms with E-state index in [4.69, 9.17) is 13.8 Å². The van der Waals surface area contributed by atoms with Crippen LogP contribution in [0.2, 0.25) is 0 Å². The molecule has 3 fully saturated rings. The normalized spacial score (nSPS) is 35.1. The van der Waals surface area contributed by atoms with Crippen LogP contribution in [-0.4, -0.2) is 67.3 Å². The topological polar surface area (TPSA) is 68.2 Å². The number of β-amino-alcohol motifs (C(OH)–C–C–N with tert-alkyl or cyclic N) is 1. The van der Waals surface area contributed by atoms with Crippen LogP contribution in [0.5, 0.6) is 0 Å². The Bertz CT molecular complexity index is 615. The van der Waals surface area contributed by atoms with Crippen molar-refractivity contribution >= 4 is 7.60 Å². The minimum absolute atomic E-state index is 0.0660. The largest absolute Gasteiger partial charge is 0.391 e. The van der Waals surface area contributed by atoms with E-state index in [2.05, 4.69) is 46.4 Å². The molecule has 0 spiro atoms. The summed E-state index contributed by atoms with van der Waals surface area (Å²) in [5.41, 5.74) is 0. The van der Waals surface area contributed by atoms with E-state index in [-0.39, 0.29) is 18.4 Å². The summed E-state index contributed by atoms with van der Waals surface area (Å²) >= 11 is 0. The van der Waals surface area contributed by atoms with Gasteiger partial charge >= 0.3 is 7.60 Å². The van der Waals surface area contributed by atoms with Crippen molar-refractivity contribution in [1.29, 1.82) is 0 Å². The van der Waals surface area contributed by atoms with Gasteiger partial charge in [0.15, 0.2) is 0 Å². The van der Waals surface area contributed by atoms with Gasteiger partial charge in [0.25, 0.3) is 0 Å². The quantitative estimate of drug-likeness (QED) is 0.380. The minimum Gasteiger partial charge on any atom is -0.391 e. The summed E-state index contributed by atoms with van der Waals surface area (Å²) in [5, 5.41) is 11.0. The molecule has 1 saturated heterocycles. The molecule has 200 valence electrons. The molecule has 0 aromatic heterocycles. The lowest BCUT2D eigenvalue weighted by Gasteiger charge is -2.42. The summed E-state index contributed by atoms with van der Waals surface area (Å²) in [6.07, 6.45) is 5.66.